The van der Waals surface area contributed by atoms with Crippen LogP contribution in [0.3, 0.4) is 0 Å². The van der Waals surface area contributed by atoms with Gasteiger partial charge in [0.25, 0.3) is 0 Å². The standard InChI is InChI=1S/C11H12ClFN2O3/c1-2-8(10(16)17)14-11(18)15-9-4-3-6(12)5-7(9)13/h3-5,8H,2H2,1H3,(H,16,17)(H2,14,15,18)/t8-/m1/s1. The molecule has 98 valence electrons. The van der Waals surface area contributed by atoms with Gasteiger partial charge in [0.15, 0.2) is 0 Å². The summed E-state index contributed by atoms with van der Waals surface area (Å²) in [6.07, 6.45) is 0.228. The summed E-state index contributed by atoms with van der Waals surface area (Å²) in [5.74, 6) is -1.84. The van der Waals surface area contributed by atoms with Gasteiger partial charge in [0.1, 0.15) is 11.9 Å². The van der Waals surface area contributed by atoms with Crippen molar-refractivity contribution in [2.24, 2.45) is 0 Å². The van der Waals surface area contributed by atoms with Crippen molar-refractivity contribution in [1.29, 1.82) is 0 Å². The van der Waals surface area contributed by atoms with E-state index >= 15 is 0 Å². The first kappa shape index (κ1) is 14.2. The Balaban J connectivity index is 2.67. The van der Waals surface area contributed by atoms with Crippen LogP contribution in [0.4, 0.5) is 14.9 Å². The largest absolute Gasteiger partial charge is 0.480 e. The van der Waals surface area contributed by atoms with Crippen LogP contribution in [-0.2, 0) is 4.79 Å². The maximum atomic E-state index is 13.3. The molecule has 0 aromatic heterocycles. The number of rotatable bonds is 4. The first-order chi connectivity index (χ1) is 8.43. The number of aliphatic carboxylic acids is 1. The van der Waals surface area contributed by atoms with E-state index in [9.17, 15) is 14.0 Å². The van der Waals surface area contributed by atoms with Gasteiger partial charge in [-0.05, 0) is 24.6 Å². The highest BCUT2D eigenvalue weighted by atomic mass is 35.5. The summed E-state index contributed by atoms with van der Waals surface area (Å²) in [4.78, 5) is 22.1. The molecule has 1 rings (SSSR count). The predicted octanol–water partition coefficient (Wildman–Crippen LogP) is 2.46. The number of halogens is 2. The predicted molar refractivity (Wildman–Crippen MR) is 65.3 cm³/mol. The fourth-order valence-corrected chi connectivity index (χ4v) is 1.40. The quantitative estimate of drug-likeness (QED) is 0.789. The molecule has 0 saturated heterocycles. The lowest BCUT2D eigenvalue weighted by atomic mass is 10.2. The Hall–Kier alpha value is -1.82. The Kier molecular flexibility index (Phi) is 4.91. The van der Waals surface area contributed by atoms with Crippen molar-refractivity contribution < 1.29 is 19.1 Å². The van der Waals surface area contributed by atoms with Gasteiger partial charge in [-0.1, -0.05) is 18.5 Å². The summed E-state index contributed by atoms with van der Waals surface area (Å²) in [5, 5.41) is 13.4. The second kappa shape index (κ2) is 6.20. The average molecular weight is 275 g/mol. The molecule has 0 aliphatic rings. The van der Waals surface area contributed by atoms with E-state index in [0.717, 1.165) is 6.07 Å². The first-order valence-corrected chi connectivity index (χ1v) is 5.57. The molecule has 7 heteroatoms. The molecule has 0 heterocycles. The summed E-state index contributed by atoms with van der Waals surface area (Å²) in [6.45, 7) is 1.61. The fraction of sp³-hybridized carbons (Fsp3) is 0.273. The maximum absolute atomic E-state index is 13.3. The number of carboxylic acids is 1. The molecular formula is C11H12ClFN2O3. The topological polar surface area (TPSA) is 78.4 Å². The molecule has 0 fully saturated rings. The third kappa shape index (κ3) is 3.89. The second-order valence-electron chi connectivity index (χ2n) is 3.52. The van der Waals surface area contributed by atoms with Crippen LogP contribution in [0.2, 0.25) is 5.02 Å². The van der Waals surface area contributed by atoms with Crippen LogP contribution in [0.5, 0.6) is 0 Å². The zero-order chi connectivity index (χ0) is 13.7. The van der Waals surface area contributed by atoms with E-state index < -0.39 is 23.9 Å². The van der Waals surface area contributed by atoms with Gasteiger partial charge in [0.2, 0.25) is 0 Å². The molecule has 3 N–H and O–H groups in total. The van der Waals surface area contributed by atoms with Crippen molar-refractivity contribution in [1.82, 2.24) is 5.32 Å². The molecule has 1 atom stereocenters. The summed E-state index contributed by atoms with van der Waals surface area (Å²) in [6, 6.07) is 1.95. The van der Waals surface area contributed by atoms with Crippen molar-refractivity contribution >= 4 is 29.3 Å². The van der Waals surface area contributed by atoms with E-state index in [1.54, 1.807) is 6.92 Å². The molecule has 0 unspecified atom stereocenters. The van der Waals surface area contributed by atoms with Crippen molar-refractivity contribution in [3.8, 4) is 0 Å². The normalized spacial score (nSPS) is 11.7. The molecule has 1 aromatic rings. The molecule has 0 aliphatic heterocycles. The first-order valence-electron chi connectivity index (χ1n) is 5.19. The minimum Gasteiger partial charge on any atom is -0.480 e. The molecule has 0 aliphatic carbocycles. The van der Waals surface area contributed by atoms with Crippen LogP contribution >= 0.6 is 11.6 Å². The fourth-order valence-electron chi connectivity index (χ4n) is 1.25. The highest BCUT2D eigenvalue weighted by molar-refractivity contribution is 6.30. The molecule has 18 heavy (non-hydrogen) atoms. The van der Waals surface area contributed by atoms with Gasteiger partial charge in [0.05, 0.1) is 5.69 Å². The molecule has 1 aromatic carbocycles. The van der Waals surface area contributed by atoms with Crippen molar-refractivity contribution in [3.05, 3.63) is 29.0 Å². The Labute approximate surface area is 108 Å². The monoisotopic (exact) mass is 274 g/mol. The minimum atomic E-state index is -1.15. The second-order valence-corrected chi connectivity index (χ2v) is 3.96. The molecular weight excluding hydrogens is 263 g/mol. The van der Waals surface area contributed by atoms with Crippen molar-refractivity contribution in [2.75, 3.05) is 5.32 Å². The number of urea groups is 1. The van der Waals surface area contributed by atoms with E-state index in [0.29, 0.717) is 0 Å². The van der Waals surface area contributed by atoms with Crippen LogP contribution in [0.25, 0.3) is 0 Å². The smallest absolute Gasteiger partial charge is 0.326 e. The average Bonchev–Trinajstić information content (AvgIpc) is 2.29. The molecule has 0 spiro atoms. The summed E-state index contributed by atoms with van der Waals surface area (Å²) in [5.41, 5.74) is -0.0721. The van der Waals surface area contributed by atoms with Gasteiger partial charge in [-0.2, -0.15) is 0 Å². The Morgan fingerprint density at radius 1 is 1.50 bits per heavy atom. The minimum absolute atomic E-state index is 0.0721. The van der Waals surface area contributed by atoms with Crippen LogP contribution < -0.4 is 10.6 Å². The number of benzene rings is 1. The Morgan fingerprint density at radius 3 is 2.67 bits per heavy atom. The summed E-state index contributed by atoms with van der Waals surface area (Å²) >= 11 is 5.56. The van der Waals surface area contributed by atoms with Gasteiger partial charge in [-0.3, -0.25) is 0 Å². The number of carboxylic acid groups (broad SMARTS) is 1. The van der Waals surface area contributed by atoms with Gasteiger partial charge in [-0.15, -0.1) is 0 Å². The van der Waals surface area contributed by atoms with Crippen molar-refractivity contribution in [2.45, 2.75) is 19.4 Å². The number of nitrogens with one attached hydrogen (secondary N) is 2. The molecule has 5 nitrogen and oxygen atoms in total. The van der Waals surface area contributed by atoms with E-state index in [-0.39, 0.29) is 17.1 Å². The molecule has 0 bridgehead atoms. The number of carbonyl (C=O) groups is 2. The zero-order valence-electron chi connectivity index (χ0n) is 9.54. The van der Waals surface area contributed by atoms with E-state index in [2.05, 4.69) is 10.6 Å². The van der Waals surface area contributed by atoms with Crippen LogP contribution in [0.1, 0.15) is 13.3 Å². The Morgan fingerprint density at radius 2 is 2.17 bits per heavy atom. The SMILES string of the molecule is CC[C@@H](NC(=O)Nc1ccc(Cl)cc1F)C(=O)O. The Bertz CT molecular complexity index is 468. The number of hydrogen-bond acceptors (Lipinski definition) is 2. The van der Waals surface area contributed by atoms with E-state index in [4.69, 9.17) is 16.7 Å². The number of hydrogen-bond donors (Lipinski definition) is 3. The van der Waals surface area contributed by atoms with Crippen molar-refractivity contribution in [3.63, 3.8) is 0 Å². The van der Waals surface area contributed by atoms with E-state index in [1.165, 1.54) is 12.1 Å². The lowest BCUT2D eigenvalue weighted by Gasteiger charge is -2.13. The van der Waals surface area contributed by atoms with Gasteiger partial charge < -0.3 is 15.7 Å². The lowest BCUT2D eigenvalue weighted by Crippen LogP contribution is -2.42. The molecule has 0 saturated carbocycles. The van der Waals surface area contributed by atoms with Gasteiger partial charge >= 0.3 is 12.0 Å². The number of anilines is 1. The highest BCUT2D eigenvalue weighted by Crippen LogP contribution is 2.18. The third-order valence-electron chi connectivity index (χ3n) is 2.19. The number of amides is 2. The summed E-state index contributed by atoms with van der Waals surface area (Å²) in [7, 11) is 0. The van der Waals surface area contributed by atoms with Crippen LogP contribution in [-0.4, -0.2) is 23.1 Å². The zero-order valence-corrected chi connectivity index (χ0v) is 10.3. The van der Waals surface area contributed by atoms with Gasteiger partial charge in [0, 0.05) is 5.02 Å². The van der Waals surface area contributed by atoms with E-state index in [1.807, 2.05) is 0 Å². The number of carbonyl (C=O) groups excluding carboxylic acids is 1. The molecule has 0 radical (unpaired) electrons. The summed E-state index contributed by atoms with van der Waals surface area (Å²) < 4.78 is 13.3. The highest BCUT2D eigenvalue weighted by Gasteiger charge is 2.18. The van der Waals surface area contributed by atoms with Gasteiger partial charge in [-0.25, -0.2) is 14.0 Å². The lowest BCUT2D eigenvalue weighted by molar-refractivity contribution is -0.139. The van der Waals surface area contributed by atoms with Crippen LogP contribution in [0, 0.1) is 5.82 Å². The van der Waals surface area contributed by atoms with Crippen LogP contribution in [0.15, 0.2) is 18.2 Å². The maximum Gasteiger partial charge on any atom is 0.326 e. The third-order valence-corrected chi connectivity index (χ3v) is 2.43. The molecule has 2 amide bonds.